The van der Waals surface area contributed by atoms with Gasteiger partial charge in [-0.2, -0.15) is 4.98 Å². The van der Waals surface area contributed by atoms with Crippen molar-refractivity contribution in [1.82, 2.24) is 9.97 Å². The van der Waals surface area contributed by atoms with Crippen LogP contribution in [0.1, 0.15) is 67.9 Å². The number of nitrogens with zero attached hydrogens (tertiary/aromatic N) is 3. The first-order valence-electron chi connectivity index (χ1n) is 11.0. The number of aromatic nitrogens is 2. The normalized spacial score (nSPS) is 19.6. The summed E-state index contributed by atoms with van der Waals surface area (Å²) < 4.78 is 0. The molecule has 0 radical (unpaired) electrons. The first-order chi connectivity index (χ1) is 15.1. The number of primary amides is 1. The van der Waals surface area contributed by atoms with Gasteiger partial charge in [-0.05, 0) is 55.9 Å². The number of nitrogens with two attached hydrogens (primary N) is 2. The Hall–Kier alpha value is -3.20. The summed E-state index contributed by atoms with van der Waals surface area (Å²) in [7, 11) is 0. The number of piperidine rings is 1. The van der Waals surface area contributed by atoms with Gasteiger partial charge < -0.3 is 27.0 Å². The van der Waals surface area contributed by atoms with Crippen molar-refractivity contribution in [2.45, 2.75) is 57.9 Å². The Labute approximate surface area is 188 Å². The van der Waals surface area contributed by atoms with Crippen molar-refractivity contribution in [3.63, 3.8) is 0 Å². The molecule has 0 saturated carbocycles. The minimum Gasteiger partial charge on any atom is -0.365 e. The third-order valence-electron chi connectivity index (χ3n) is 6.32. The van der Waals surface area contributed by atoms with E-state index in [1.807, 2.05) is 30.9 Å². The number of anilines is 4. The van der Waals surface area contributed by atoms with Gasteiger partial charge in [0.25, 0.3) is 5.91 Å². The fourth-order valence-corrected chi connectivity index (χ4v) is 4.35. The molecule has 3 heterocycles. The molecule has 1 saturated heterocycles. The summed E-state index contributed by atoms with van der Waals surface area (Å²) in [4.78, 5) is 35.6. The van der Waals surface area contributed by atoms with Gasteiger partial charge in [-0.15, -0.1) is 0 Å². The summed E-state index contributed by atoms with van der Waals surface area (Å²) in [5.41, 5.74) is 14.8. The van der Waals surface area contributed by atoms with Crippen LogP contribution in [-0.2, 0) is 10.2 Å². The van der Waals surface area contributed by atoms with Gasteiger partial charge in [0.1, 0.15) is 11.4 Å². The fourth-order valence-electron chi connectivity index (χ4n) is 4.35. The summed E-state index contributed by atoms with van der Waals surface area (Å²) in [5.74, 6) is 0.388. The maximum absolute atomic E-state index is 12.6. The zero-order chi connectivity index (χ0) is 23.2. The number of benzene rings is 1. The van der Waals surface area contributed by atoms with Crippen LogP contribution in [0.2, 0.25) is 0 Å². The lowest BCUT2D eigenvalue weighted by Crippen LogP contribution is -2.43. The van der Waals surface area contributed by atoms with Crippen LogP contribution in [0.15, 0.2) is 18.3 Å². The number of nitrogens with one attached hydrogen (secondary N) is 2. The second-order valence-electron chi connectivity index (χ2n) is 9.49. The van der Waals surface area contributed by atoms with Crippen molar-refractivity contribution in [2.24, 2.45) is 11.5 Å². The van der Waals surface area contributed by atoms with Crippen LogP contribution in [0, 0.1) is 0 Å². The highest BCUT2D eigenvalue weighted by Crippen LogP contribution is 2.44. The lowest BCUT2D eigenvalue weighted by Gasteiger charge is -2.31. The molecule has 9 heteroatoms. The van der Waals surface area contributed by atoms with E-state index in [9.17, 15) is 9.59 Å². The van der Waals surface area contributed by atoms with Crippen molar-refractivity contribution in [3.8, 4) is 0 Å². The summed E-state index contributed by atoms with van der Waals surface area (Å²) in [6.07, 6.45) is 3.39. The van der Waals surface area contributed by atoms with Crippen molar-refractivity contribution in [2.75, 3.05) is 28.6 Å². The quantitative estimate of drug-likeness (QED) is 0.564. The maximum Gasteiger partial charge on any atom is 0.254 e. The van der Waals surface area contributed by atoms with Crippen LogP contribution in [0.3, 0.4) is 0 Å². The number of rotatable bonds is 5. The van der Waals surface area contributed by atoms with Crippen molar-refractivity contribution < 1.29 is 9.59 Å². The van der Waals surface area contributed by atoms with Gasteiger partial charge in [-0.25, -0.2) is 4.98 Å². The third-order valence-corrected chi connectivity index (χ3v) is 6.32. The number of amides is 2. The summed E-state index contributed by atoms with van der Waals surface area (Å²) in [6.45, 7) is 9.43. The Morgan fingerprint density at radius 1 is 1.34 bits per heavy atom. The third kappa shape index (κ3) is 3.88. The Morgan fingerprint density at radius 3 is 2.75 bits per heavy atom. The van der Waals surface area contributed by atoms with E-state index in [0.717, 1.165) is 41.9 Å². The van der Waals surface area contributed by atoms with Crippen molar-refractivity contribution >= 4 is 35.0 Å². The Kier molecular flexibility index (Phi) is 5.54. The van der Waals surface area contributed by atoms with Gasteiger partial charge in [0.05, 0.1) is 5.41 Å². The van der Waals surface area contributed by atoms with E-state index < -0.39 is 11.3 Å². The van der Waals surface area contributed by atoms with Gasteiger partial charge in [0.15, 0.2) is 0 Å². The molecule has 4 rings (SSSR count). The van der Waals surface area contributed by atoms with Gasteiger partial charge in [0, 0.05) is 36.7 Å². The molecule has 2 amide bonds. The molecule has 0 aliphatic carbocycles. The van der Waals surface area contributed by atoms with Crippen LogP contribution in [-0.4, -0.2) is 40.9 Å². The summed E-state index contributed by atoms with van der Waals surface area (Å²) >= 11 is 0. The molecule has 0 spiro atoms. The maximum atomic E-state index is 12.6. The molecule has 1 atom stereocenters. The Morgan fingerprint density at radius 2 is 2.09 bits per heavy atom. The molecule has 0 bridgehead atoms. The summed E-state index contributed by atoms with van der Waals surface area (Å²) in [5, 5.41) is 6.30. The van der Waals surface area contributed by atoms with Crippen LogP contribution in [0.5, 0.6) is 0 Å². The highest BCUT2D eigenvalue weighted by molar-refractivity contribution is 6.07. The molecule has 1 aromatic heterocycles. The zero-order valence-electron chi connectivity index (χ0n) is 19.0. The molecule has 2 aliphatic rings. The predicted molar refractivity (Wildman–Crippen MR) is 125 cm³/mol. The lowest BCUT2D eigenvalue weighted by atomic mass is 9.84. The molecule has 0 unspecified atom stereocenters. The average Bonchev–Trinajstić information content (AvgIpc) is 2.96. The van der Waals surface area contributed by atoms with E-state index in [0.29, 0.717) is 18.3 Å². The van der Waals surface area contributed by atoms with E-state index >= 15 is 0 Å². The highest BCUT2D eigenvalue weighted by Gasteiger charge is 2.40. The molecule has 6 N–H and O–H groups in total. The summed E-state index contributed by atoms with van der Waals surface area (Å²) in [6, 6.07) is 3.98. The molecule has 1 fully saturated rings. The van der Waals surface area contributed by atoms with Crippen LogP contribution in [0.25, 0.3) is 0 Å². The van der Waals surface area contributed by atoms with Crippen molar-refractivity contribution in [3.05, 3.63) is 35.0 Å². The second-order valence-corrected chi connectivity index (χ2v) is 9.49. The monoisotopic (exact) mass is 437 g/mol. The van der Waals surface area contributed by atoms with Gasteiger partial charge in [-0.3, -0.25) is 9.59 Å². The topological polar surface area (TPSA) is 139 Å². The van der Waals surface area contributed by atoms with Crippen molar-refractivity contribution in [1.29, 1.82) is 0 Å². The average molecular weight is 438 g/mol. The van der Waals surface area contributed by atoms with E-state index in [1.54, 1.807) is 0 Å². The first-order valence-corrected chi connectivity index (χ1v) is 11.0. The van der Waals surface area contributed by atoms with Gasteiger partial charge in [-0.1, -0.05) is 13.8 Å². The highest BCUT2D eigenvalue weighted by atomic mass is 16.2. The SMILES string of the molecule is CC(C)c1cc(Nc2nc(N3CCC[C@H](N)C3)ncc2C(N)=O)cc2c1NC(=O)C2(C)C. The lowest BCUT2D eigenvalue weighted by molar-refractivity contribution is -0.119. The molecule has 2 aromatic rings. The Bertz CT molecular complexity index is 1080. The molecule has 1 aromatic carbocycles. The van der Waals surface area contributed by atoms with Crippen LogP contribution < -0.4 is 27.0 Å². The van der Waals surface area contributed by atoms with E-state index in [2.05, 4.69) is 34.4 Å². The number of hydrogen-bond acceptors (Lipinski definition) is 7. The number of carbonyl (C=O) groups is 2. The molecular formula is C23H31N7O2. The standard InChI is InChI=1S/C23H31N7O2/c1-12(2)15-8-14(9-17-18(15)28-21(32)23(17,3)4)27-20-16(19(25)31)10-26-22(29-20)30-7-5-6-13(24)11-30/h8-10,12-13H,5-7,11,24H2,1-4H3,(H2,25,31)(H,28,32)(H,26,27,29)/t13-/m0/s1. The molecule has 170 valence electrons. The largest absolute Gasteiger partial charge is 0.365 e. The Balaban J connectivity index is 1.76. The van der Waals surface area contributed by atoms with Gasteiger partial charge in [0.2, 0.25) is 11.9 Å². The predicted octanol–water partition coefficient (Wildman–Crippen LogP) is 2.60. The van der Waals surface area contributed by atoms with Gasteiger partial charge >= 0.3 is 0 Å². The first kappa shape index (κ1) is 22.0. The number of fused-ring (bicyclic) bond motifs is 1. The smallest absolute Gasteiger partial charge is 0.254 e. The number of carbonyl (C=O) groups excluding carboxylic acids is 2. The van der Waals surface area contributed by atoms with E-state index in [1.165, 1.54) is 6.20 Å². The van der Waals surface area contributed by atoms with Crippen LogP contribution >= 0.6 is 0 Å². The minimum absolute atomic E-state index is 0.0323. The molecular weight excluding hydrogens is 406 g/mol. The molecule has 2 aliphatic heterocycles. The second kappa shape index (κ2) is 8.05. The van der Waals surface area contributed by atoms with E-state index in [4.69, 9.17) is 11.5 Å². The molecule has 9 nitrogen and oxygen atoms in total. The molecule has 32 heavy (non-hydrogen) atoms. The van der Waals surface area contributed by atoms with Crippen LogP contribution in [0.4, 0.5) is 23.1 Å². The number of hydrogen-bond donors (Lipinski definition) is 4. The minimum atomic E-state index is -0.663. The van der Waals surface area contributed by atoms with E-state index in [-0.39, 0.29) is 23.4 Å². The zero-order valence-corrected chi connectivity index (χ0v) is 19.0. The fraction of sp³-hybridized carbons (Fsp3) is 0.478.